The topological polar surface area (TPSA) is 92.3 Å². The average molecular weight is 554 g/mol. The fourth-order valence-electron chi connectivity index (χ4n) is 4.83. The number of rotatable bonds is 9. The Morgan fingerprint density at radius 1 is 1.03 bits per heavy atom. The molecule has 0 radical (unpaired) electrons. The Hall–Kier alpha value is -2.30. The van der Waals surface area contributed by atoms with Gasteiger partial charge in [0.05, 0.1) is 25.6 Å². The summed E-state index contributed by atoms with van der Waals surface area (Å²) in [6.07, 6.45) is 5.98. The second-order valence-corrected chi connectivity index (χ2v) is 8.13. The van der Waals surface area contributed by atoms with E-state index in [4.69, 9.17) is 9.47 Å². The van der Waals surface area contributed by atoms with Gasteiger partial charge in [-0.05, 0) is 48.9 Å². The molecule has 3 aliphatic rings. The highest BCUT2D eigenvalue weighted by atomic mass is 127. The van der Waals surface area contributed by atoms with Crippen LogP contribution in [0.25, 0.3) is 0 Å². The van der Waals surface area contributed by atoms with Gasteiger partial charge in [0, 0.05) is 26.7 Å². The van der Waals surface area contributed by atoms with Crippen LogP contribution in [0.1, 0.15) is 12.8 Å². The Morgan fingerprint density at radius 3 is 2.22 bits per heavy atom. The predicted molar refractivity (Wildman–Crippen MR) is 132 cm³/mol. The van der Waals surface area contributed by atoms with Crippen LogP contribution in [0.5, 0.6) is 11.5 Å². The van der Waals surface area contributed by atoms with Crippen molar-refractivity contribution < 1.29 is 19.1 Å². The van der Waals surface area contributed by atoms with Crippen LogP contribution in [0.3, 0.4) is 0 Å². The average Bonchev–Trinajstić information content (AvgIpc) is 3.47. The highest BCUT2D eigenvalue weighted by molar-refractivity contribution is 14.0. The fraction of sp³-hybridized carbons (Fsp3) is 0.522. The molecule has 174 valence electrons. The quantitative estimate of drug-likeness (QED) is 0.121. The Morgan fingerprint density at radius 2 is 1.62 bits per heavy atom. The fourth-order valence-corrected chi connectivity index (χ4v) is 4.83. The van der Waals surface area contributed by atoms with Crippen LogP contribution in [0, 0.1) is 23.7 Å². The zero-order chi connectivity index (χ0) is 21.8. The number of amides is 2. The van der Waals surface area contributed by atoms with Gasteiger partial charge in [0.25, 0.3) is 0 Å². The normalized spacial score (nSPS) is 25.6. The van der Waals surface area contributed by atoms with Gasteiger partial charge in [-0.2, -0.15) is 0 Å². The monoisotopic (exact) mass is 554 g/mol. The Labute approximate surface area is 205 Å². The van der Waals surface area contributed by atoms with Crippen LogP contribution in [0.2, 0.25) is 0 Å². The van der Waals surface area contributed by atoms with Crippen molar-refractivity contribution in [1.29, 1.82) is 0 Å². The van der Waals surface area contributed by atoms with Crippen molar-refractivity contribution in [2.45, 2.75) is 12.8 Å². The first kappa shape index (κ1) is 24.3. The molecular weight excluding hydrogens is 523 g/mol. The number of hydrogen-bond donors (Lipinski definition) is 2. The van der Waals surface area contributed by atoms with Crippen molar-refractivity contribution in [2.24, 2.45) is 28.7 Å². The van der Waals surface area contributed by atoms with Crippen molar-refractivity contribution in [1.82, 2.24) is 15.5 Å². The first-order valence-electron chi connectivity index (χ1n) is 10.9. The number of methoxy groups -OCH3 is 1. The summed E-state index contributed by atoms with van der Waals surface area (Å²) >= 11 is 0. The molecule has 2 amide bonds. The van der Waals surface area contributed by atoms with E-state index in [9.17, 15) is 9.59 Å². The minimum Gasteiger partial charge on any atom is -0.497 e. The maximum absolute atomic E-state index is 12.7. The van der Waals surface area contributed by atoms with Gasteiger partial charge in [-0.3, -0.25) is 19.5 Å². The second-order valence-electron chi connectivity index (χ2n) is 8.13. The lowest BCUT2D eigenvalue weighted by Gasteiger charge is -2.18. The Kier molecular flexibility index (Phi) is 8.38. The number of nitrogens with zero attached hydrogens (tertiary/aromatic N) is 2. The number of guanidine groups is 1. The molecule has 9 heteroatoms. The Balaban J connectivity index is 0.00000289. The van der Waals surface area contributed by atoms with Crippen LogP contribution in [-0.2, 0) is 9.59 Å². The van der Waals surface area contributed by atoms with E-state index >= 15 is 0 Å². The zero-order valence-electron chi connectivity index (χ0n) is 18.5. The summed E-state index contributed by atoms with van der Waals surface area (Å²) < 4.78 is 10.8. The molecule has 8 nitrogen and oxygen atoms in total. The van der Waals surface area contributed by atoms with E-state index in [2.05, 4.69) is 27.8 Å². The Bertz CT molecular complexity index is 843. The molecule has 2 aliphatic carbocycles. The van der Waals surface area contributed by atoms with Gasteiger partial charge < -0.3 is 20.1 Å². The van der Waals surface area contributed by atoms with E-state index in [0.717, 1.165) is 24.3 Å². The summed E-state index contributed by atoms with van der Waals surface area (Å²) in [4.78, 5) is 31.0. The van der Waals surface area contributed by atoms with Crippen LogP contribution in [-0.4, -0.2) is 63.1 Å². The van der Waals surface area contributed by atoms with Gasteiger partial charge in [-0.15, -0.1) is 24.0 Å². The van der Waals surface area contributed by atoms with E-state index in [0.29, 0.717) is 32.2 Å². The van der Waals surface area contributed by atoms with E-state index < -0.39 is 0 Å². The lowest BCUT2D eigenvalue weighted by molar-refractivity contribution is -0.140. The number of nitrogens with one attached hydrogen (secondary N) is 2. The molecule has 1 aromatic carbocycles. The van der Waals surface area contributed by atoms with Crippen LogP contribution >= 0.6 is 24.0 Å². The minimum absolute atomic E-state index is 0. The van der Waals surface area contributed by atoms with Crippen molar-refractivity contribution >= 4 is 41.8 Å². The van der Waals surface area contributed by atoms with Crippen LogP contribution in [0.4, 0.5) is 0 Å². The predicted octanol–water partition coefficient (Wildman–Crippen LogP) is 2.05. The summed E-state index contributed by atoms with van der Waals surface area (Å²) in [6.45, 7) is 2.11. The van der Waals surface area contributed by atoms with Gasteiger partial charge in [-0.25, -0.2) is 0 Å². The second kappa shape index (κ2) is 11.0. The molecule has 2 N–H and O–H groups in total. The molecule has 1 saturated carbocycles. The molecule has 1 aliphatic heterocycles. The van der Waals surface area contributed by atoms with Crippen molar-refractivity contribution in [2.75, 3.05) is 40.4 Å². The number of imide groups is 1. The largest absolute Gasteiger partial charge is 0.497 e. The number of hydrogen-bond acceptors (Lipinski definition) is 5. The molecule has 4 unspecified atom stereocenters. The third-order valence-corrected chi connectivity index (χ3v) is 6.35. The highest BCUT2D eigenvalue weighted by Gasteiger charge is 2.58. The molecule has 0 spiro atoms. The number of benzene rings is 1. The minimum atomic E-state index is -0.134. The maximum atomic E-state index is 12.7. The standard InChI is InChI=1S/C23H30N4O4.HI/c1-24-23(25-10-3-13-31-18-8-6-17(30-2)7-9-18)26-11-12-27-21(28)19-15-4-5-16(14-15)20(19)22(27)29;/h4-9,15-16,19-20H,3,10-14H2,1-2H3,(H2,24,25,26);1H. The molecule has 2 fully saturated rings. The maximum Gasteiger partial charge on any atom is 0.233 e. The van der Waals surface area contributed by atoms with Gasteiger partial charge in [0.15, 0.2) is 5.96 Å². The van der Waals surface area contributed by atoms with Crippen LogP contribution < -0.4 is 20.1 Å². The molecule has 1 saturated heterocycles. The number of allylic oxidation sites excluding steroid dienone is 2. The molecule has 0 aromatic heterocycles. The van der Waals surface area contributed by atoms with E-state index in [1.54, 1.807) is 14.2 Å². The van der Waals surface area contributed by atoms with E-state index in [1.165, 1.54) is 4.90 Å². The lowest BCUT2D eigenvalue weighted by atomic mass is 9.85. The molecular formula is C23H31IN4O4. The summed E-state index contributed by atoms with van der Waals surface area (Å²) in [6, 6.07) is 7.49. The number of aliphatic imine (C=N–C) groups is 1. The van der Waals surface area contributed by atoms with Crippen molar-refractivity contribution in [3.8, 4) is 11.5 Å². The molecule has 32 heavy (non-hydrogen) atoms. The number of halogens is 1. The number of carbonyl (C=O) groups excluding carboxylic acids is 2. The highest BCUT2D eigenvalue weighted by Crippen LogP contribution is 2.52. The summed E-state index contributed by atoms with van der Waals surface area (Å²) in [5.74, 6) is 2.46. The molecule has 1 heterocycles. The van der Waals surface area contributed by atoms with Gasteiger partial charge in [-0.1, -0.05) is 12.2 Å². The molecule has 2 bridgehead atoms. The van der Waals surface area contributed by atoms with Gasteiger partial charge >= 0.3 is 0 Å². The number of ether oxygens (including phenoxy) is 2. The summed E-state index contributed by atoms with van der Waals surface area (Å²) in [5, 5.41) is 6.41. The van der Waals surface area contributed by atoms with Crippen LogP contribution in [0.15, 0.2) is 41.4 Å². The lowest BCUT2D eigenvalue weighted by Crippen LogP contribution is -2.44. The summed E-state index contributed by atoms with van der Waals surface area (Å²) in [7, 11) is 3.33. The number of likely N-dealkylation sites (tertiary alicyclic amines) is 1. The summed E-state index contributed by atoms with van der Waals surface area (Å²) in [5.41, 5.74) is 0. The number of fused-ring (bicyclic) bond motifs is 5. The zero-order valence-corrected chi connectivity index (χ0v) is 20.8. The molecule has 4 rings (SSSR count). The molecule has 1 aromatic rings. The molecule has 4 atom stereocenters. The first-order valence-corrected chi connectivity index (χ1v) is 10.9. The first-order chi connectivity index (χ1) is 15.1. The van der Waals surface area contributed by atoms with Crippen molar-refractivity contribution in [3.05, 3.63) is 36.4 Å². The van der Waals surface area contributed by atoms with Gasteiger partial charge in [0.2, 0.25) is 11.8 Å². The van der Waals surface area contributed by atoms with E-state index in [-0.39, 0.29) is 59.5 Å². The van der Waals surface area contributed by atoms with Crippen molar-refractivity contribution in [3.63, 3.8) is 0 Å². The third kappa shape index (κ3) is 5.02. The van der Waals surface area contributed by atoms with E-state index in [1.807, 2.05) is 24.3 Å². The SMILES string of the molecule is CN=C(NCCCOc1ccc(OC)cc1)NCCN1C(=O)C2C3C=CC(C3)C2C1=O.I. The smallest absolute Gasteiger partial charge is 0.233 e. The third-order valence-electron chi connectivity index (χ3n) is 6.35. The number of carbonyl (C=O) groups is 2. The van der Waals surface area contributed by atoms with Gasteiger partial charge in [0.1, 0.15) is 11.5 Å².